The molecule has 0 radical (unpaired) electrons. The van der Waals surface area contributed by atoms with E-state index in [1.165, 1.54) is 30.7 Å². The van der Waals surface area contributed by atoms with Crippen molar-refractivity contribution in [2.24, 2.45) is 5.92 Å². The Morgan fingerprint density at radius 2 is 1.92 bits per heavy atom. The summed E-state index contributed by atoms with van der Waals surface area (Å²) in [5.41, 5.74) is 6.05. The summed E-state index contributed by atoms with van der Waals surface area (Å²) in [5, 5.41) is 0. The molecule has 1 heterocycles. The van der Waals surface area contributed by atoms with Crippen molar-refractivity contribution in [3.05, 3.63) is 23.5 Å². The van der Waals surface area contributed by atoms with Gasteiger partial charge in [0, 0.05) is 17.9 Å². The summed E-state index contributed by atoms with van der Waals surface area (Å²) < 4.78 is 2.18. The molecule has 0 unspecified atom stereocenters. The van der Waals surface area contributed by atoms with Gasteiger partial charge in [0.15, 0.2) is 0 Å². The third-order valence-corrected chi connectivity index (χ3v) is 2.79. The molecular formula is C11H18N2. The van der Waals surface area contributed by atoms with Gasteiger partial charge in [0.25, 0.3) is 0 Å². The van der Waals surface area contributed by atoms with E-state index in [4.69, 9.17) is 0 Å². The lowest BCUT2D eigenvalue weighted by atomic mass is 10.3. The van der Waals surface area contributed by atoms with Crippen LogP contribution in [0.3, 0.4) is 0 Å². The van der Waals surface area contributed by atoms with Crippen LogP contribution in [0.2, 0.25) is 0 Å². The topological polar surface area (TPSA) is 17.0 Å². The second-order valence-electron chi connectivity index (χ2n) is 4.09. The zero-order chi connectivity index (χ0) is 9.26. The number of aromatic nitrogens is 1. The van der Waals surface area contributed by atoms with Crippen LogP contribution in [0.25, 0.3) is 0 Å². The molecule has 0 bridgehead atoms. The van der Waals surface area contributed by atoms with Gasteiger partial charge in [-0.1, -0.05) is 12.8 Å². The summed E-state index contributed by atoms with van der Waals surface area (Å²) in [6, 6.07) is 4.30. The van der Waals surface area contributed by atoms with E-state index in [2.05, 4.69) is 36.1 Å². The number of hydrogen-bond acceptors (Lipinski definition) is 1. The highest BCUT2D eigenvalue weighted by molar-refractivity contribution is 5.15. The summed E-state index contributed by atoms with van der Waals surface area (Å²) >= 11 is 0. The van der Waals surface area contributed by atoms with Gasteiger partial charge in [-0.3, -0.25) is 4.68 Å². The first-order chi connectivity index (χ1) is 6.27. The number of nitrogens with zero attached hydrogens (tertiary/aromatic N) is 1. The van der Waals surface area contributed by atoms with E-state index in [9.17, 15) is 0 Å². The van der Waals surface area contributed by atoms with Gasteiger partial charge in [-0.25, -0.2) is 0 Å². The first-order valence-electron chi connectivity index (χ1n) is 5.16. The van der Waals surface area contributed by atoms with E-state index in [-0.39, 0.29) is 0 Å². The lowest BCUT2D eigenvalue weighted by Crippen LogP contribution is -2.18. The third kappa shape index (κ3) is 2.06. The van der Waals surface area contributed by atoms with Gasteiger partial charge in [-0.2, -0.15) is 0 Å². The Bertz CT molecular complexity index is 265. The second kappa shape index (κ2) is 3.44. The van der Waals surface area contributed by atoms with Crippen LogP contribution >= 0.6 is 0 Å². The van der Waals surface area contributed by atoms with Crippen LogP contribution in [-0.4, -0.2) is 11.2 Å². The van der Waals surface area contributed by atoms with Crippen LogP contribution in [-0.2, 0) is 0 Å². The van der Waals surface area contributed by atoms with Crippen LogP contribution < -0.4 is 5.43 Å². The minimum absolute atomic E-state index is 1.02. The van der Waals surface area contributed by atoms with Gasteiger partial charge in [0.05, 0.1) is 0 Å². The summed E-state index contributed by atoms with van der Waals surface area (Å²) in [4.78, 5) is 0. The van der Waals surface area contributed by atoms with Crippen molar-refractivity contribution in [3.8, 4) is 0 Å². The molecule has 1 fully saturated rings. The molecule has 2 rings (SSSR count). The van der Waals surface area contributed by atoms with E-state index in [1.54, 1.807) is 0 Å². The van der Waals surface area contributed by atoms with Crippen LogP contribution in [0.1, 0.15) is 30.7 Å². The minimum Gasteiger partial charge on any atom is -0.326 e. The quantitative estimate of drug-likeness (QED) is 0.749. The molecule has 2 heteroatoms. The molecule has 72 valence electrons. The molecular weight excluding hydrogens is 160 g/mol. The normalized spacial score (nSPS) is 16.2. The van der Waals surface area contributed by atoms with E-state index in [0.717, 1.165) is 12.5 Å². The molecule has 1 aromatic heterocycles. The SMILES string of the molecule is Cc1ccc(C)n1NCCC1CC1. The van der Waals surface area contributed by atoms with E-state index in [0.29, 0.717) is 0 Å². The lowest BCUT2D eigenvalue weighted by molar-refractivity contribution is 0.693. The van der Waals surface area contributed by atoms with Crippen molar-refractivity contribution in [2.45, 2.75) is 33.1 Å². The van der Waals surface area contributed by atoms with Crippen molar-refractivity contribution in [1.82, 2.24) is 4.68 Å². The van der Waals surface area contributed by atoms with Gasteiger partial charge in [-0.05, 0) is 38.3 Å². The first kappa shape index (κ1) is 8.67. The van der Waals surface area contributed by atoms with Crippen molar-refractivity contribution in [1.29, 1.82) is 0 Å². The van der Waals surface area contributed by atoms with Gasteiger partial charge in [0.2, 0.25) is 0 Å². The summed E-state index contributed by atoms with van der Waals surface area (Å²) in [5.74, 6) is 1.02. The molecule has 1 N–H and O–H groups in total. The molecule has 0 amide bonds. The Labute approximate surface area is 79.9 Å². The van der Waals surface area contributed by atoms with Crippen molar-refractivity contribution in [2.75, 3.05) is 12.0 Å². The summed E-state index contributed by atoms with van der Waals surface area (Å²) in [6.07, 6.45) is 4.23. The van der Waals surface area contributed by atoms with Gasteiger partial charge in [0.1, 0.15) is 0 Å². The molecule has 0 aromatic carbocycles. The Morgan fingerprint density at radius 1 is 1.31 bits per heavy atom. The first-order valence-corrected chi connectivity index (χ1v) is 5.16. The van der Waals surface area contributed by atoms with Gasteiger partial charge < -0.3 is 5.43 Å². The zero-order valence-corrected chi connectivity index (χ0v) is 8.51. The molecule has 1 saturated carbocycles. The minimum atomic E-state index is 1.02. The third-order valence-electron chi connectivity index (χ3n) is 2.79. The highest BCUT2D eigenvalue weighted by Gasteiger charge is 2.20. The molecule has 0 saturated heterocycles. The van der Waals surface area contributed by atoms with Gasteiger partial charge >= 0.3 is 0 Å². The van der Waals surface area contributed by atoms with Crippen molar-refractivity contribution >= 4 is 0 Å². The Morgan fingerprint density at radius 3 is 2.46 bits per heavy atom. The van der Waals surface area contributed by atoms with E-state index < -0.39 is 0 Å². The maximum Gasteiger partial charge on any atom is 0.0366 e. The maximum absolute atomic E-state index is 3.45. The Kier molecular flexibility index (Phi) is 2.30. The fourth-order valence-electron chi connectivity index (χ4n) is 1.70. The van der Waals surface area contributed by atoms with Crippen LogP contribution in [0.4, 0.5) is 0 Å². The monoisotopic (exact) mass is 178 g/mol. The molecule has 1 aromatic rings. The number of nitrogens with one attached hydrogen (secondary N) is 1. The summed E-state index contributed by atoms with van der Waals surface area (Å²) in [6.45, 7) is 5.38. The number of rotatable bonds is 4. The highest BCUT2D eigenvalue weighted by Crippen LogP contribution is 2.31. The molecule has 0 spiro atoms. The van der Waals surface area contributed by atoms with Crippen molar-refractivity contribution < 1.29 is 0 Å². The van der Waals surface area contributed by atoms with Crippen molar-refractivity contribution in [3.63, 3.8) is 0 Å². The fraction of sp³-hybridized carbons (Fsp3) is 0.636. The predicted molar refractivity (Wildman–Crippen MR) is 55.5 cm³/mol. The zero-order valence-electron chi connectivity index (χ0n) is 8.51. The molecule has 13 heavy (non-hydrogen) atoms. The van der Waals surface area contributed by atoms with E-state index >= 15 is 0 Å². The maximum atomic E-state index is 3.45. The Hall–Kier alpha value is -0.920. The lowest BCUT2D eigenvalue weighted by Gasteiger charge is -2.11. The standard InChI is InChI=1S/C11H18N2/c1-9-3-4-10(2)13(9)12-8-7-11-5-6-11/h3-4,11-12H,5-8H2,1-2H3. The Balaban J connectivity index is 1.84. The number of aryl methyl sites for hydroxylation is 2. The molecule has 0 atom stereocenters. The van der Waals surface area contributed by atoms with Crippen LogP contribution in [0, 0.1) is 19.8 Å². The van der Waals surface area contributed by atoms with Crippen LogP contribution in [0.15, 0.2) is 12.1 Å². The van der Waals surface area contributed by atoms with E-state index in [1.807, 2.05) is 0 Å². The highest BCUT2D eigenvalue weighted by atomic mass is 15.4. The average Bonchev–Trinajstić information content (AvgIpc) is 2.86. The summed E-state index contributed by atoms with van der Waals surface area (Å²) in [7, 11) is 0. The average molecular weight is 178 g/mol. The van der Waals surface area contributed by atoms with Gasteiger partial charge in [-0.15, -0.1) is 0 Å². The second-order valence-corrected chi connectivity index (χ2v) is 4.09. The predicted octanol–water partition coefficient (Wildman–Crippen LogP) is 2.45. The van der Waals surface area contributed by atoms with Crippen LogP contribution in [0.5, 0.6) is 0 Å². The molecule has 2 nitrogen and oxygen atoms in total. The smallest absolute Gasteiger partial charge is 0.0366 e. The molecule has 0 aliphatic heterocycles. The fourth-order valence-corrected chi connectivity index (χ4v) is 1.70. The molecule has 1 aliphatic rings. The largest absolute Gasteiger partial charge is 0.326 e. The molecule has 1 aliphatic carbocycles. The number of hydrogen-bond donors (Lipinski definition) is 1.